The molecule has 1 N–H and O–H groups in total. The highest BCUT2D eigenvalue weighted by molar-refractivity contribution is 14.1. The highest BCUT2D eigenvalue weighted by Gasteiger charge is 2.22. The maximum absolute atomic E-state index is 13.9. The van der Waals surface area contributed by atoms with Crippen LogP contribution in [0.25, 0.3) is 11.0 Å². The number of carbonyl (C=O) groups is 1. The van der Waals surface area contributed by atoms with Gasteiger partial charge in [0, 0.05) is 12.1 Å². The van der Waals surface area contributed by atoms with Crippen LogP contribution in [0.4, 0.5) is 4.39 Å². The van der Waals surface area contributed by atoms with Crippen molar-refractivity contribution in [1.29, 1.82) is 0 Å². The maximum Gasteiger partial charge on any atom is 0.313 e. The van der Waals surface area contributed by atoms with Crippen molar-refractivity contribution < 1.29 is 14.3 Å². The van der Waals surface area contributed by atoms with Crippen LogP contribution in [0.15, 0.2) is 29.4 Å². The van der Waals surface area contributed by atoms with E-state index in [-0.39, 0.29) is 17.6 Å². The molecule has 0 amide bonds. The topological polar surface area (TPSA) is 55.1 Å². The standard InChI is InChI=1S/C14H12FIN2O2S/c15-9-5-12-11(6-10(9)16)17-14(21-7-13(19)20)18(12)8-3-1-2-4-8/h1-2,5-6,8H,3-4,7H2,(H,19,20). The van der Waals surface area contributed by atoms with Gasteiger partial charge in [0.2, 0.25) is 0 Å². The molecule has 7 heteroatoms. The summed E-state index contributed by atoms with van der Waals surface area (Å²) >= 11 is 3.12. The molecule has 1 aliphatic carbocycles. The molecule has 4 nitrogen and oxygen atoms in total. The van der Waals surface area contributed by atoms with Crippen molar-refractivity contribution in [3.05, 3.63) is 33.7 Å². The summed E-state index contributed by atoms with van der Waals surface area (Å²) in [5.74, 6) is -1.21. The summed E-state index contributed by atoms with van der Waals surface area (Å²) in [6.45, 7) is 0. The number of imidazole rings is 1. The van der Waals surface area contributed by atoms with Crippen molar-refractivity contribution in [2.45, 2.75) is 24.0 Å². The van der Waals surface area contributed by atoms with Gasteiger partial charge in [-0.2, -0.15) is 0 Å². The Morgan fingerprint density at radius 3 is 2.86 bits per heavy atom. The summed E-state index contributed by atoms with van der Waals surface area (Å²) in [6, 6.07) is 3.38. The van der Waals surface area contributed by atoms with E-state index in [1.807, 2.05) is 27.2 Å². The number of carboxylic acids is 1. The zero-order chi connectivity index (χ0) is 15.0. The van der Waals surface area contributed by atoms with Crippen LogP contribution in [0.2, 0.25) is 0 Å². The molecule has 1 aromatic heterocycles. The second-order valence-corrected chi connectivity index (χ2v) is 6.90. The van der Waals surface area contributed by atoms with E-state index in [2.05, 4.69) is 17.1 Å². The number of nitrogens with zero attached hydrogens (tertiary/aromatic N) is 2. The van der Waals surface area contributed by atoms with Crippen LogP contribution >= 0.6 is 34.4 Å². The number of halogens is 2. The van der Waals surface area contributed by atoms with Gasteiger partial charge in [-0.25, -0.2) is 9.37 Å². The second kappa shape index (κ2) is 5.96. The molecule has 0 radical (unpaired) electrons. The predicted octanol–water partition coefficient (Wildman–Crippen LogP) is 3.85. The highest BCUT2D eigenvalue weighted by atomic mass is 127. The maximum atomic E-state index is 13.9. The lowest BCUT2D eigenvalue weighted by Gasteiger charge is -2.15. The van der Waals surface area contributed by atoms with Gasteiger partial charge in [0.15, 0.2) is 5.16 Å². The van der Waals surface area contributed by atoms with E-state index in [0.29, 0.717) is 14.2 Å². The van der Waals surface area contributed by atoms with Gasteiger partial charge in [-0.05, 0) is 41.5 Å². The average molecular weight is 418 g/mol. The van der Waals surface area contributed by atoms with Crippen LogP contribution in [0.3, 0.4) is 0 Å². The van der Waals surface area contributed by atoms with Crippen LogP contribution in [-0.4, -0.2) is 26.4 Å². The smallest absolute Gasteiger partial charge is 0.313 e. The van der Waals surface area contributed by atoms with E-state index in [4.69, 9.17) is 5.11 Å². The minimum absolute atomic E-state index is 0.0525. The first kappa shape index (κ1) is 14.8. The summed E-state index contributed by atoms with van der Waals surface area (Å²) in [7, 11) is 0. The third-order valence-electron chi connectivity index (χ3n) is 3.37. The summed E-state index contributed by atoms with van der Waals surface area (Å²) in [4.78, 5) is 15.3. The predicted molar refractivity (Wildman–Crippen MR) is 88.2 cm³/mol. The lowest BCUT2D eigenvalue weighted by Crippen LogP contribution is -2.08. The summed E-state index contributed by atoms with van der Waals surface area (Å²) in [5, 5.41) is 9.50. The monoisotopic (exact) mass is 418 g/mol. The largest absolute Gasteiger partial charge is 0.481 e. The lowest BCUT2D eigenvalue weighted by molar-refractivity contribution is -0.133. The molecule has 0 saturated heterocycles. The number of aliphatic carboxylic acids is 1. The van der Waals surface area contributed by atoms with Gasteiger partial charge in [0.25, 0.3) is 0 Å². The second-order valence-electron chi connectivity index (χ2n) is 4.80. The molecular formula is C14H12FIN2O2S. The average Bonchev–Trinajstić information content (AvgIpc) is 3.04. The van der Waals surface area contributed by atoms with E-state index >= 15 is 0 Å². The Labute approximate surface area is 138 Å². The van der Waals surface area contributed by atoms with Crippen molar-refractivity contribution in [1.82, 2.24) is 9.55 Å². The third-order valence-corrected chi connectivity index (χ3v) is 5.14. The summed E-state index contributed by atoms with van der Waals surface area (Å²) < 4.78 is 16.4. The fourth-order valence-corrected chi connectivity index (χ4v) is 3.72. The molecule has 0 saturated carbocycles. The van der Waals surface area contributed by atoms with Crippen molar-refractivity contribution in [2.24, 2.45) is 0 Å². The zero-order valence-corrected chi connectivity index (χ0v) is 13.9. The van der Waals surface area contributed by atoms with Gasteiger partial charge in [0.05, 0.1) is 20.4 Å². The van der Waals surface area contributed by atoms with Crippen LogP contribution in [0.5, 0.6) is 0 Å². The zero-order valence-electron chi connectivity index (χ0n) is 10.9. The van der Waals surface area contributed by atoms with Crippen molar-refractivity contribution in [2.75, 3.05) is 5.75 Å². The van der Waals surface area contributed by atoms with Gasteiger partial charge in [-0.3, -0.25) is 4.79 Å². The Morgan fingerprint density at radius 1 is 1.48 bits per heavy atom. The Hall–Kier alpha value is -1.09. The van der Waals surface area contributed by atoms with Gasteiger partial charge in [-0.15, -0.1) is 0 Å². The molecule has 0 atom stereocenters. The molecule has 0 bridgehead atoms. The van der Waals surface area contributed by atoms with E-state index in [1.165, 1.54) is 17.8 Å². The van der Waals surface area contributed by atoms with Gasteiger partial charge in [0.1, 0.15) is 5.82 Å². The van der Waals surface area contributed by atoms with E-state index < -0.39 is 5.97 Å². The van der Waals surface area contributed by atoms with Crippen LogP contribution in [0, 0.1) is 9.39 Å². The lowest BCUT2D eigenvalue weighted by atomic mass is 10.2. The van der Waals surface area contributed by atoms with Crippen LogP contribution in [-0.2, 0) is 4.79 Å². The molecule has 21 heavy (non-hydrogen) atoms. The number of allylic oxidation sites excluding steroid dienone is 2. The number of carboxylic acid groups (broad SMARTS) is 1. The van der Waals surface area contributed by atoms with E-state index in [9.17, 15) is 9.18 Å². The van der Waals surface area contributed by atoms with Crippen molar-refractivity contribution >= 4 is 51.4 Å². The first-order chi connectivity index (χ1) is 10.1. The molecule has 0 spiro atoms. The van der Waals surface area contributed by atoms with Crippen molar-refractivity contribution in [3.63, 3.8) is 0 Å². The minimum atomic E-state index is -0.885. The van der Waals surface area contributed by atoms with Gasteiger partial charge < -0.3 is 9.67 Å². The van der Waals surface area contributed by atoms with Crippen LogP contribution in [0.1, 0.15) is 18.9 Å². The fraction of sp³-hybridized carbons (Fsp3) is 0.286. The molecule has 1 heterocycles. The molecule has 0 unspecified atom stereocenters. The molecule has 110 valence electrons. The molecular weight excluding hydrogens is 406 g/mol. The Kier molecular flexibility index (Phi) is 4.21. The molecule has 0 aliphatic heterocycles. The molecule has 0 fully saturated rings. The van der Waals surface area contributed by atoms with Crippen LogP contribution < -0.4 is 0 Å². The number of fused-ring (bicyclic) bond motifs is 1. The Bertz CT molecular complexity index is 736. The highest BCUT2D eigenvalue weighted by Crippen LogP contribution is 2.34. The fourth-order valence-electron chi connectivity index (χ4n) is 2.46. The number of benzene rings is 1. The number of rotatable bonds is 4. The Balaban J connectivity index is 2.10. The number of hydrogen-bond donors (Lipinski definition) is 1. The molecule has 3 rings (SSSR count). The molecule has 2 aromatic rings. The van der Waals surface area contributed by atoms with Crippen molar-refractivity contribution in [3.8, 4) is 0 Å². The molecule has 1 aliphatic rings. The number of hydrogen-bond acceptors (Lipinski definition) is 3. The van der Waals surface area contributed by atoms with Gasteiger partial charge in [-0.1, -0.05) is 23.9 Å². The summed E-state index contributed by atoms with van der Waals surface area (Å²) in [6.07, 6.45) is 5.90. The first-order valence-electron chi connectivity index (χ1n) is 6.43. The quantitative estimate of drug-likeness (QED) is 0.466. The first-order valence-corrected chi connectivity index (χ1v) is 8.49. The molecule has 1 aromatic carbocycles. The van der Waals surface area contributed by atoms with Gasteiger partial charge >= 0.3 is 5.97 Å². The summed E-state index contributed by atoms with van der Waals surface area (Å²) in [5.41, 5.74) is 1.44. The Morgan fingerprint density at radius 2 is 2.19 bits per heavy atom. The number of thioether (sulfide) groups is 1. The van der Waals surface area contributed by atoms with E-state index in [1.54, 1.807) is 6.07 Å². The normalized spacial score (nSPS) is 15.1. The number of aromatic nitrogens is 2. The SMILES string of the molecule is O=C(O)CSc1nc2cc(I)c(F)cc2n1C1CC=CC1. The minimum Gasteiger partial charge on any atom is -0.481 e. The van der Waals surface area contributed by atoms with E-state index in [0.717, 1.165) is 18.4 Å². The third kappa shape index (κ3) is 2.94.